The minimum absolute atomic E-state index is 0.00954. The highest BCUT2D eigenvalue weighted by molar-refractivity contribution is 6.01. The summed E-state index contributed by atoms with van der Waals surface area (Å²) < 4.78 is 11.1. The Balaban J connectivity index is 1.73. The van der Waals surface area contributed by atoms with E-state index in [-0.39, 0.29) is 34.3 Å². The maximum absolute atomic E-state index is 12.9. The van der Waals surface area contributed by atoms with E-state index >= 15 is 0 Å². The summed E-state index contributed by atoms with van der Waals surface area (Å²) in [4.78, 5) is 28.7. The molecule has 7 nitrogen and oxygen atoms in total. The van der Waals surface area contributed by atoms with Crippen LogP contribution in [-0.4, -0.2) is 42.4 Å². The van der Waals surface area contributed by atoms with Gasteiger partial charge in [0.25, 0.3) is 0 Å². The molecule has 0 amide bonds. The highest BCUT2D eigenvalue weighted by Crippen LogP contribution is 2.65. The quantitative estimate of drug-likeness (QED) is 0.440. The van der Waals surface area contributed by atoms with E-state index in [1.165, 1.54) is 0 Å². The third kappa shape index (κ3) is 2.55. The second kappa shape index (κ2) is 6.29. The van der Waals surface area contributed by atoms with Crippen molar-refractivity contribution >= 4 is 11.7 Å². The summed E-state index contributed by atoms with van der Waals surface area (Å²) in [6.07, 6.45) is 1.71. The molecule has 7 heteroatoms. The first-order valence-corrected chi connectivity index (χ1v) is 9.73. The Bertz CT molecular complexity index is 847. The number of nitro groups is 1. The number of carbonyl (C=O) groups is 1. The molecule has 1 aliphatic heterocycles. The number of rotatable bonds is 5. The van der Waals surface area contributed by atoms with Gasteiger partial charge in [0.15, 0.2) is 6.04 Å². The lowest BCUT2D eigenvalue weighted by Gasteiger charge is -2.39. The molecule has 2 aliphatic carbocycles. The maximum atomic E-state index is 12.9. The van der Waals surface area contributed by atoms with Crippen LogP contribution in [0.25, 0.3) is 0 Å². The molecule has 0 N–H and O–H groups in total. The first-order valence-electron chi connectivity index (χ1n) is 9.73. The normalized spacial score (nSPS) is 33.6. The number of nitrogens with zero attached hydrogens (tertiary/aromatic N) is 2. The number of esters is 1. The lowest BCUT2D eigenvalue weighted by Crippen LogP contribution is -2.48. The Hall–Kier alpha value is -2.44. The molecular formula is C21H26N2O5. The summed E-state index contributed by atoms with van der Waals surface area (Å²) in [7, 11) is 1.56. The molecule has 4 rings (SSSR count). The van der Waals surface area contributed by atoms with Crippen molar-refractivity contribution in [2.45, 2.75) is 51.7 Å². The SMILES string of the molecule is COc1ccc([C@H](C[N+](=O)[O-])[C@H]2N=C3[C@H]4CC[C@@](C)([C@@H]3OC2=O)C4(C)C)cc1. The van der Waals surface area contributed by atoms with Crippen LogP contribution in [0.3, 0.4) is 0 Å². The molecule has 0 aromatic heterocycles. The minimum atomic E-state index is -0.885. The molecule has 0 unspecified atom stereocenters. The molecule has 0 saturated heterocycles. The fourth-order valence-corrected chi connectivity index (χ4v) is 5.42. The third-order valence-corrected chi connectivity index (χ3v) is 7.53. The van der Waals surface area contributed by atoms with Gasteiger partial charge in [-0.3, -0.25) is 15.1 Å². The van der Waals surface area contributed by atoms with E-state index in [0.717, 1.165) is 18.6 Å². The summed E-state index contributed by atoms with van der Waals surface area (Å²) in [5.74, 6) is -0.216. The van der Waals surface area contributed by atoms with Gasteiger partial charge >= 0.3 is 5.97 Å². The number of aliphatic imine (C=N–C) groups is 1. The monoisotopic (exact) mass is 386 g/mol. The summed E-state index contributed by atoms with van der Waals surface area (Å²) in [6, 6.07) is 6.13. The number of hydrogen-bond acceptors (Lipinski definition) is 6. The number of ether oxygens (including phenoxy) is 2. The van der Waals surface area contributed by atoms with Gasteiger partial charge < -0.3 is 9.47 Å². The predicted octanol–water partition coefficient (Wildman–Crippen LogP) is 3.25. The van der Waals surface area contributed by atoms with E-state index in [4.69, 9.17) is 14.5 Å². The Morgan fingerprint density at radius 1 is 1.32 bits per heavy atom. The van der Waals surface area contributed by atoms with Crippen LogP contribution < -0.4 is 4.74 Å². The summed E-state index contributed by atoms with van der Waals surface area (Å²) in [5, 5.41) is 11.3. The highest BCUT2D eigenvalue weighted by Gasteiger charge is 2.68. The Morgan fingerprint density at radius 3 is 2.61 bits per heavy atom. The molecule has 1 aromatic carbocycles. The topological polar surface area (TPSA) is 91.0 Å². The molecule has 28 heavy (non-hydrogen) atoms. The Morgan fingerprint density at radius 2 is 2.00 bits per heavy atom. The van der Waals surface area contributed by atoms with Crippen LogP contribution >= 0.6 is 0 Å². The van der Waals surface area contributed by atoms with Crippen LogP contribution in [0.1, 0.15) is 45.1 Å². The van der Waals surface area contributed by atoms with Gasteiger partial charge in [0, 0.05) is 16.3 Å². The van der Waals surface area contributed by atoms with Crippen molar-refractivity contribution in [1.82, 2.24) is 0 Å². The van der Waals surface area contributed by atoms with Gasteiger partial charge in [-0.2, -0.15) is 0 Å². The molecule has 1 heterocycles. The van der Waals surface area contributed by atoms with E-state index in [1.54, 1.807) is 31.4 Å². The molecule has 3 aliphatic rings. The fourth-order valence-electron chi connectivity index (χ4n) is 5.42. The average Bonchev–Trinajstić information content (AvgIpc) is 2.98. The summed E-state index contributed by atoms with van der Waals surface area (Å²) >= 11 is 0. The van der Waals surface area contributed by atoms with E-state index < -0.39 is 17.9 Å². The molecule has 2 saturated carbocycles. The van der Waals surface area contributed by atoms with Crippen LogP contribution in [0.5, 0.6) is 5.75 Å². The molecule has 2 fully saturated rings. The number of fused-ring (bicyclic) bond motifs is 5. The highest BCUT2D eigenvalue weighted by atomic mass is 16.6. The zero-order valence-corrected chi connectivity index (χ0v) is 16.7. The average molecular weight is 386 g/mol. The zero-order valence-electron chi connectivity index (χ0n) is 16.7. The van der Waals surface area contributed by atoms with Crippen LogP contribution in [0.15, 0.2) is 29.3 Å². The summed E-state index contributed by atoms with van der Waals surface area (Å²) in [6.45, 7) is 6.23. The van der Waals surface area contributed by atoms with Crippen molar-refractivity contribution in [2.75, 3.05) is 13.7 Å². The van der Waals surface area contributed by atoms with Crippen LogP contribution in [0.4, 0.5) is 0 Å². The minimum Gasteiger partial charge on any atom is -0.497 e. The van der Waals surface area contributed by atoms with Gasteiger partial charge in [0.05, 0.1) is 18.7 Å². The van der Waals surface area contributed by atoms with Gasteiger partial charge in [-0.05, 0) is 36.0 Å². The predicted molar refractivity (Wildman–Crippen MR) is 103 cm³/mol. The Labute approximate surface area is 164 Å². The standard InChI is InChI=1S/C21H26N2O5/c1-20(2)15-9-10-21(20,3)18-17(15)22-16(19(24)28-18)14(11-23(25)26)12-5-7-13(27-4)8-6-12/h5-8,14-16,18H,9-11H2,1-4H3/t14-,15+,16+,18+,21-/m0/s1. The van der Waals surface area contributed by atoms with Crippen LogP contribution in [0, 0.1) is 26.9 Å². The van der Waals surface area contributed by atoms with Crippen molar-refractivity contribution in [3.8, 4) is 5.75 Å². The molecule has 5 atom stereocenters. The van der Waals surface area contributed by atoms with Crippen LogP contribution in [0.2, 0.25) is 0 Å². The van der Waals surface area contributed by atoms with Crippen molar-refractivity contribution in [3.63, 3.8) is 0 Å². The number of methoxy groups -OCH3 is 1. The van der Waals surface area contributed by atoms with Gasteiger partial charge in [0.2, 0.25) is 6.54 Å². The van der Waals surface area contributed by atoms with Gasteiger partial charge in [-0.25, -0.2) is 4.79 Å². The maximum Gasteiger partial charge on any atom is 0.332 e. The second-order valence-electron chi connectivity index (χ2n) is 8.94. The lowest BCUT2D eigenvalue weighted by molar-refractivity contribution is -0.483. The number of benzene rings is 1. The van der Waals surface area contributed by atoms with E-state index in [0.29, 0.717) is 11.3 Å². The van der Waals surface area contributed by atoms with Crippen molar-refractivity contribution < 1.29 is 19.2 Å². The second-order valence-corrected chi connectivity index (χ2v) is 8.94. The molecule has 150 valence electrons. The molecule has 2 bridgehead atoms. The van der Waals surface area contributed by atoms with Gasteiger partial charge in [-0.1, -0.05) is 32.9 Å². The number of carbonyl (C=O) groups excluding carboxylic acids is 1. The largest absolute Gasteiger partial charge is 0.497 e. The Kier molecular flexibility index (Phi) is 4.25. The van der Waals surface area contributed by atoms with Crippen LogP contribution in [-0.2, 0) is 9.53 Å². The van der Waals surface area contributed by atoms with Gasteiger partial charge in [0.1, 0.15) is 11.9 Å². The molecule has 1 aromatic rings. The van der Waals surface area contributed by atoms with Crippen molar-refractivity contribution in [3.05, 3.63) is 39.9 Å². The molecule has 0 radical (unpaired) electrons. The molecule has 0 spiro atoms. The third-order valence-electron chi connectivity index (χ3n) is 7.53. The van der Waals surface area contributed by atoms with E-state index in [9.17, 15) is 14.9 Å². The first-order chi connectivity index (χ1) is 13.2. The van der Waals surface area contributed by atoms with Crippen molar-refractivity contribution in [2.24, 2.45) is 21.7 Å². The van der Waals surface area contributed by atoms with E-state index in [1.807, 2.05) is 0 Å². The first kappa shape index (κ1) is 18.9. The fraction of sp³-hybridized carbons (Fsp3) is 0.619. The summed E-state index contributed by atoms with van der Waals surface area (Å²) in [5.41, 5.74) is 1.47. The van der Waals surface area contributed by atoms with E-state index in [2.05, 4.69) is 20.8 Å². The van der Waals surface area contributed by atoms with Gasteiger partial charge in [-0.15, -0.1) is 0 Å². The molecular weight excluding hydrogens is 360 g/mol. The smallest absolute Gasteiger partial charge is 0.332 e. The lowest BCUT2D eigenvalue weighted by atomic mass is 9.70. The van der Waals surface area contributed by atoms with Crippen molar-refractivity contribution in [1.29, 1.82) is 0 Å². The zero-order chi connectivity index (χ0) is 20.3. The number of hydrogen-bond donors (Lipinski definition) is 0.